The molecule has 17 heteroatoms. The van der Waals surface area contributed by atoms with Gasteiger partial charge in [-0.05, 0) is 101 Å². The van der Waals surface area contributed by atoms with E-state index in [1.54, 1.807) is 48.5 Å². The molecule has 1 unspecified atom stereocenters. The molecule has 0 aromatic carbocycles. The molecule has 3 rings (SSSR count). The van der Waals surface area contributed by atoms with Gasteiger partial charge in [0.2, 0.25) is 0 Å². The summed E-state index contributed by atoms with van der Waals surface area (Å²) in [5.41, 5.74) is -4.73. The van der Waals surface area contributed by atoms with Crippen molar-refractivity contribution in [1.82, 2.24) is 9.80 Å². The molecule has 3 aliphatic heterocycles. The minimum absolute atomic E-state index is 0.0339. The second-order valence-corrected chi connectivity index (χ2v) is 20.5. The fraction of sp³-hybridized carbons (Fsp3) is 0.979. The van der Waals surface area contributed by atoms with Crippen molar-refractivity contribution < 1.29 is 63.6 Å². The number of aliphatic hydroxyl groups is 4. The zero-order chi connectivity index (χ0) is 48.3. The Morgan fingerprint density at radius 1 is 0.906 bits per heavy atom. The highest BCUT2D eigenvalue weighted by atomic mass is 17.0. The fourth-order valence-corrected chi connectivity index (χ4v) is 10.6. The van der Waals surface area contributed by atoms with Gasteiger partial charge < -0.3 is 63.5 Å². The molecular formula is C47H89N3O14. The molecule has 0 bridgehead atoms. The molecule has 17 nitrogen and oxygen atoms in total. The molecule has 0 aromatic rings. The Morgan fingerprint density at radius 2 is 1.52 bits per heavy atom. The summed E-state index contributed by atoms with van der Waals surface area (Å²) in [6, 6.07) is -0.866. The Kier molecular flexibility index (Phi) is 22.1. The van der Waals surface area contributed by atoms with E-state index in [9.17, 15) is 35.3 Å². The molecule has 3 aliphatic rings. The fourth-order valence-electron chi connectivity index (χ4n) is 10.6. The predicted octanol–water partition coefficient (Wildman–Crippen LogP) is 5.63. The van der Waals surface area contributed by atoms with Gasteiger partial charge in [0.1, 0.15) is 23.9 Å². The second-order valence-electron chi connectivity index (χ2n) is 20.5. The second kappa shape index (κ2) is 25.0. The molecule has 4 N–H and O–H groups in total. The molecule has 3 saturated heterocycles. The summed E-state index contributed by atoms with van der Waals surface area (Å²) in [5, 5.41) is 58.9. The Bertz CT molecular complexity index is 1410. The zero-order valence-corrected chi connectivity index (χ0v) is 41.8. The van der Waals surface area contributed by atoms with Gasteiger partial charge in [0.15, 0.2) is 18.7 Å². The van der Waals surface area contributed by atoms with E-state index in [-0.39, 0.29) is 37.3 Å². The van der Waals surface area contributed by atoms with Crippen molar-refractivity contribution in [3.63, 3.8) is 0 Å². The van der Waals surface area contributed by atoms with Crippen molar-refractivity contribution in [3.8, 4) is 0 Å². The van der Waals surface area contributed by atoms with Gasteiger partial charge in [-0.15, -0.1) is 10.1 Å². The van der Waals surface area contributed by atoms with Crippen LogP contribution in [0.3, 0.4) is 0 Å². The molecule has 3 fully saturated rings. The highest BCUT2D eigenvalue weighted by Gasteiger charge is 2.53. The number of hydrogen-bond donors (Lipinski definition) is 4. The molecule has 18 atom stereocenters. The van der Waals surface area contributed by atoms with Crippen molar-refractivity contribution >= 4 is 5.97 Å². The van der Waals surface area contributed by atoms with Crippen molar-refractivity contribution in [2.45, 2.75) is 244 Å². The Hall–Kier alpha value is -1.77. The van der Waals surface area contributed by atoms with Crippen LogP contribution in [0, 0.1) is 27.9 Å². The first-order valence-corrected chi connectivity index (χ1v) is 24.2. The van der Waals surface area contributed by atoms with Gasteiger partial charge in [-0.1, -0.05) is 72.6 Å². The van der Waals surface area contributed by atoms with E-state index in [1.807, 2.05) is 32.8 Å². The summed E-state index contributed by atoms with van der Waals surface area (Å²) in [4.78, 5) is 35.1. The van der Waals surface area contributed by atoms with E-state index >= 15 is 0 Å². The Morgan fingerprint density at radius 3 is 2.09 bits per heavy atom. The monoisotopic (exact) mass is 920 g/mol. The first-order chi connectivity index (χ1) is 29.8. The number of unbranched alkanes of at least 4 members (excludes halogenated alkanes) is 7. The maximum atomic E-state index is 14.5. The summed E-state index contributed by atoms with van der Waals surface area (Å²) < 4.78 is 38.2. The van der Waals surface area contributed by atoms with E-state index in [2.05, 4.69) is 11.8 Å². The van der Waals surface area contributed by atoms with E-state index in [0.717, 1.165) is 19.4 Å². The zero-order valence-electron chi connectivity index (χ0n) is 41.8. The minimum atomic E-state index is -1.85. The normalized spacial score (nSPS) is 42.4. The maximum absolute atomic E-state index is 14.5. The van der Waals surface area contributed by atoms with Gasteiger partial charge >= 0.3 is 5.97 Å². The summed E-state index contributed by atoms with van der Waals surface area (Å²) in [7, 11) is 5.27. The summed E-state index contributed by atoms with van der Waals surface area (Å²) >= 11 is 0. The first kappa shape index (κ1) is 56.6. The number of cyclic esters (lactones) is 1. The van der Waals surface area contributed by atoms with E-state index < -0.39 is 101 Å². The third-order valence-corrected chi connectivity index (χ3v) is 14.6. The molecule has 3 heterocycles. The number of hydrogen-bond acceptors (Lipinski definition) is 16. The molecule has 0 aliphatic carbocycles. The molecule has 0 spiro atoms. The predicted molar refractivity (Wildman–Crippen MR) is 242 cm³/mol. The smallest absolute Gasteiger partial charge is 0.311 e. The Labute approximate surface area is 384 Å². The first-order valence-electron chi connectivity index (χ1n) is 24.2. The SMILES string of the molecule is CCCCCCCCCCN(C)C1C[C@@H](C)O[C@@H](O[C@@H]2[C@@H](C)[C@H](O[C@H]3C[C@@](C)(OC)[C@@H](O[N+](=O)[O-])[C@H](C)O3)[C@@H](C)C(=O)O[C@H](CC)[C@@](C)(O)[C@H](O)[C@@H](C)N(C)C[C@H](C)C[C@@]2(C)O)[C@@H]1O. The van der Waals surface area contributed by atoms with Crippen molar-refractivity contribution in [2.24, 2.45) is 17.8 Å². The van der Waals surface area contributed by atoms with Crippen LogP contribution < -0.4 is 0 Å². The van der Waals surface area contributed by atoms with Crippen LogP contribution in [0.1, 0.15) is 153 Å². The molecule has 376 valence electrons. The van der Waals surface area contributed by atoms with E-state index in [4.69, 9.17) is 33.3 Å². The standard InChI is InChI=1S/C47H89N3O14/c1-15-17-18-19-20-21-22-23-24-48(12)35-25-30(4)59-44(38(35)51)63-41-31(5)39(62-37-27-46(10,58-14)42(34(8)60-37)64-50(56)57)32(6)43(53)61-36(16-2)47(11,55)40(52)33(7)49(13)28-29(3)26-45(41,9)54/h29-42,44,51-52,54-55H,15-28H2,1-14H3/t29-,30-,31+,32-,33-,34+,35?,36-,37+,38-,39+,40-,41-,42+,44+,45-,46-,47-/m1/s1. The van der Waals surface area contributed by atoms with Gasteiger partial charge in [0, 0.05) is 38.1 Å². The largest absolute Gasteiger partial charge is 0.459 e. The molecule has 0 amide bonds. The van der Waals surface area contributed by atoms with Crippen LogP contribution in [-0.4, -0.2) is 166 Å². The summed E-state index contributed by atoms with van der Waals surface area (Å²) in [6.07, 6.45) is 0.144. The lowest BCUT2D eigenvalue weighted by atomic mass is 9.77. The topological polar surface area (TPSA) is 212 Å². The number of ether oxygens (including phenoxy) is 6. The number of esters is 1. The van der Waals surface area contributed by atoms with Crippen LogP contribution in [0.5, 0.6) is 0 Å². The van der Waals surface area contributed by atoms with Crippen molar-refractivity contribution in [1.29, 1.82) is 0 Å². The molecule has 0 aromatic heterocycles. The summed E-state index contributed by atoms with van der Waals surface area (Å²) in [5.74, 6) is -2.86. The third-order valence-electron chi connectivity index (χ3n) is 14.6. The molecular weight excluding hydrogens is 831 g/mol. The van der Waals surface area contributed by atoms with E-state index in [0.29, 0.717) is 13.0 Å². The van der Waals surface area contributed by atoms with Gasteiger partial charge in [0.25, 0.3) is 5.09 Å². The highest BCUT2D eigenvalue weighted by Crippen LogP contribution is 2.41. The van der Waals surface area contributed by atoms with Crippen LogP contribution in [0.4, 0.5) is 0 Å². The maximum Gasteiger partial charge on any atom is 0.311 e. The van der Waals surface area contributed by atoms with Crippen LogP contribution >= 0.6 is 0 Å². The minimum Gasteiger partial charge on any atom is -0.459 e. The van der Waals surface area contributed by atoms with Crippen LogP contribution in [0.2, 0.25) is 0 Å². The molecule has 0 radical (unpaired) electrons. The number of methoxy groups -OCH3 is 1. The quantitative estimate of drug-likeness (QED) is 0.0568. The van der Waals surface area contributed by atoms with Crippen molar-refractivity contribution in [3.05, 3.63) is 10.1 Å². The number of likely N-dealkylation sites (N-methyl/N-ethyl adjacent to an activating group) is 2. The van der Waals surface area contributed by atoms with Gasteiger partial charge in [-0.2, -0.15) is 0 Å². The lowest BCUT2D eigenvalue weighted by molar-refractivity contribution is -0.776. The van der Waals surface area contributed by atoms with E-state index in [1.165, 1.54) is 52.6 Å². The molecule has 0 saturated carbocycles. The van der Waals surface area contributed by atoms with Crippen LogP contribution in [0.15, 0.2) is 0 Å². The Balaban J connectivity index is 2.08. The number of carbonyl (C=O) groups excluding carboxylic acids is 1. The number of rotatable bonds is 18. The van der Waals surface area contributed by atoms with Crippen LogP contribution in [0.25, 0.3) is 0 Å². The highest BCUT2D eigenvalue weighted by molar-refractivity contribution is 5.73. The summed E-state index contributed by atoms with van der Waals surface area (Å²) in [6.45, 7) is 20.7. The van der Waals surface area contributed by atoms with Crippen molar-refractivity contribution in [2.75, 3.05) is 34.3 Å². The third kappa shape index (κ3) is 14.9. The average Bonchev–Trinajstić information content (AvgIpc) is 3.22. The lowest BCUT2D eigenvalue weighted by Gasteiger charge is -2.49. The van der Waals surface area contributed by atoms with Gasteiger partial charge in [-0.3, -0.25) is 4.79 Å². The van der Waals surface area contributed by atoms with Crippen LogP contribution in [-0.2, 0) is 38.1 Å². The number of carbonyl (C=O) groups is 1. The number of nitrogens with zero attached hydrogens (tertiary/aromatic N) is 3. The lowest BCUT2D eigenvalue weighted by Crippen LogP contribution is -2.61. The number of aliphatic hydroxyl groups excluding tert-OH is 2. The average molecular weight is 920 g/mol. The molecule has 64 heavy (non-hydrogen) atoms. The van der Waals surface area contributed by atoms with Gasteiger partial charge in [-0.25, -0.2) is 0 Å². The van der Waals surface area contributed by atoms with Gasteiger partial charge in [0.05, 0.1) is 41.5 Å².